The van der Waals surface area contributed by atoms with Crippen LogP contribution in [0.4, 0.5) is 8.78 Å². The van der Waals surface area contributed by atoms with Crippen molar-refractivity contribution in [3.8, 4) is 0 Å². The van der Waals surface area contributed by atoms with Gasteiger partial charge in [0.05, 0.1) is 5.57 Å². The third kappa shape index (κ3) is 2.45. The highest BCUT2D eigenvalue weighted by Gasteiger charge is 2.33. The van der Waals surface area contributed by atoms with Crippen molar-refractivity contribution >= 4 is 35.4 Å². The summed E-state index contributed by atoms with van der Waals surface area (Å²) in [7, 11) is 0. The van der Waals surface area contributed by atoms with Gasteiger partial charge in [-0.3, -0.25) is 0 Å². The number of carbonyl (C=O) groups is 1. The van der Waals surface area contributed by atoms with Crippen molar-refractivity contribution in [2.24, 2.45) is 0 Å². The predicted molar refractivity (Wildman–Crippen MR) is 62.7 cm³/mol. The first-order chi connectivity index (χ1) is 7.99. The van der Waals surface area contributed by atoms with Gasteiger partial charge in [-0.1, -0.05) is 11.6 Å². The molecule has 0 saturated heterocycles. The van der Waals surface area contributed by atoms with E-state index in [2.05, 4.69) is 0 Å². The van der Waals surface area contributed by atoms with Crippen LogP contribution in [0.1, 0.15) is 5.56 Å². The first kappa shape index (κ1) is 12.4. The molecule has 6 heteroatoms. The van der Waals surface area contributed by atoms with Crippen LogP contribution in [0.3, 0.4) is 0 Å². The lowest BCUT2D eigenvalue weighted by Gasteiger charge is -2.22. The monoisotopic (exact) mass is 276 g/mol. The zero-order valence-corrected chi connectivity index (χ0v) is 9.93. The molecule has 0 aromatic heterocycles. The number of halogens is 3. The summed E-state index contributed by atoms with van der Waals surface area (Å²) < 4.78 is 25.5. The summed E-state index contributed by atoms with van der Waals surface area (Å²) in [6.45, 7) is 0. The molecular formula is C11H7ClF2O2S. The summed E-state index contributed by atoms with van der Waals surface area (Å²) in [5, 5.41) is 8.02. The topological polar surface area (TPSA) is 37.3 Å². The quantitative estimate of drug-likeness (QED) is 0.898. The minimum atomic E-state index is -2.72. The summed E-state index contributed by atoms with van der Waals surface area (Å²) in [5.74, 6) is -1.33. The first-order valence-electron chi connectivity index (χ1n) is 4.68. The summed E-state index contributed by atoms with van der Waals surface area (Å²) in [6, 6.07) is 4.77. The summed E-state index contributed by atoms with van der Waals surface area (Å²) in [5.41, 5.74) is 0.275. The maximum absolute atomic E-state index is 12.8. The SMILES string of the molecule is O=C(O)C1=Cc2cc(Cl)ccc2SC1C(F)F. The molecule has 0 saturated carbocycles. The van der Waals surface area contributed by atoms with Crippen LogP contribution in [0.15, 0.2) is 28.7 Å². The molecule has 0 aliphatic carbocycles. The Balaban J connectivity index is 2.50. The highest BCUT2D eigenvalue weighted by molar-refractivity contribution is 8.00. The molecule has 1 aromatic rings. The molecule has 0 spiro atoms. The third-order valence-electron chi connectivity index (χ3n) is 2.32. The number of benzene rings is 1. The molecule has 0 bridgehead atoms. The van der Waals surface area contributed by atoms with Crippen LogP contribution in [0.2, 0.25) is 5.02 Å². The average molecular weight is 277 g/mol. The molecule has 1 aromatic carbocycles. The number of thioether (sulfide) groups is 1. The number of hydrogen-bond donors (Lipinski definition) is 1. The Bertz CT molecular complexity index is 502. The van der Waals surface area contributed by atoms with Crippen LogP contribution >= 0.6 is 23.4 Å². The van der Waals surface area contributed by atoms with Crippen molar-refractivity contribution in [3.05, 3.63) is 34.4 Å². The number of fused-ring (bicyclic) bond motifs is 1. The number of aliphatic carboxylic acids is 1. The molecule has 1 heterocycles. The van der Waals surface area contributed by atoms with Crippen LogP contribution in [0.5, 0.6) is 0 Å². The number of hydrogen-bond acceptors (Lipinski definition) is 2. The van der Waals surface area contributed by atoms with Crippen LogP contribution in [0, 0.1) is 0 Å². The van der Waals surface area contributed by atoms with E-state index >= 15 is 0 Å². The number of alkyl halides is 2. The standard InChI is InChI=1S/C11H7ClF2O2S/c12-6-1-2-8-5(3-6)4-7(11(15)16)9(17-8)10(13)14/h1-4,9-10H,(H,15,16). The molecule has 1 aliphatic heterocycles. The van der Waals surface area contributed by atoms with E-state index in [9.17, 15) is 13.6 Å². The summed E-state index contributed by atoms with van der Waals surface area (Å²) in [4.78, 5) is 11.5. The van der Waals surface area contributed by atoms with E-state index in [0.29, 0.717) is 15.5 Å². The minimum absolute atomic E-state index is 0.292. The highest BCUT2D eigenvalue weighted by Crippen LogP contribution is 2.40. The van der Waals surface area contributed by atoms with E-state index in [4.69, 9.17) is 16.7 Å². The van der Waals surface area contributed by atoms with Gasteiger partial charge in [0.2, 0.25) is 0 Å². The number of rotatable bonds is 2. The fraction of sp³-hybridized carbons (Fsp3) is 0.182. The van der Waals surface area contributed by atoms with Crippen LogP contribution < -0.4 is 0 Å². The summed E-state index contributed by atoms with van der Waals surface area (Å²) in [6.07, 6.45) is -1.46. The Morgan fingerprint density at radius 1 is 1.47 bits per heavy atom. The van der Waals surface area contributed by atoms with E-state index in [-0.39, 0.29) is 5.57 Å². The van der Waals surface area contributed by atoms with Gasteiger partial charge in [-0.2, -0.15) is 0 Å². The molecule has 1 aliphatic rings. The van der Waals surface area contributed by atoms with Gasteiger partial charge in [0, 0.05) is 9.92 Å². The molecule has 0 amide bonds. The average Bonchev–Trinajstić information content (AvgIpc) is 2.26. The molecule has 2 rings (SSSR count). The largest absolute Gasteiger partial charge is 0.478 e. The Labute approximate surface area is 105 Å². The van der Waals surface area contributed by atoms with Crippen LogP contribution in [-0.4, -0.2) is 22.8 Å². The van der Waals surface area contributed by atoms with E-state index in [1.54, 1.807) is 18.2 Å². The Kier molecular flexibility index (Phi) is 3.40. The van der Waals surface area contributed by atoms with Crippen molar-refractivity contribution in [2.45, 2.75) is 16.6 Å². The molecular weight excluding hydrogens is 270 g/mol. The van der Waals surface area contributed by atoms with Crippen molar-refractivity contribution in [2.75, 3.05) is 0 Å². The molecule has 2 nitrogen and oxygen atoms in total. The first-order valence-corrected chi connectivity index (χ1v) is 5.94. The van der Waals surface area contributed by atoms with E-state index in [1.165, 1.54) is 6.08 Å². The Morgan fingerprint density at radius 3 is 2.76 bits per heavy atom. The lowest BCUT2D eigenvalue weighted by Crippen LogP contribution is -2.24. The second-order valence-electron chi connectivity index (χ2n) is 3.46. The van der Waals surface area contributed by atoms with Gasteiger partial charge in [-0.25, -0.2) is 13.6 Å². The fourth-order valence-corrected chi connectivity index (χ4v) is 2.81. The Hall–Kier alpha value is -1.07. The van der Waals surface area contributed by atoms with E-state index in [0.717, 1.165) is 11.8 Å². The van der Waals surface area contributed by atoms with Crippen molar-refractivity contribution in [1.29, 1.82) is 0 Å². The Morgan fingerprint density at radius 2 is 2.18 bits per heavy atom. The second kappa shape index (κ2) is 4.66. The molecule has 0 fully saturated rings. The maximum atomic E-state index is 12.8. The lowest BCUT2D eigenvalue weighted by molar-refractivity contribution is -0.133. The molecule has 1 unspecified atom stereocenters. The molecule has 90 valence electrons. The molecule has 17 heavy (non-hydrogen) atoms. The smallest absolute Gasteiger partial charge is 0.332 e. The predicted octanol–water partition coefficient (Wildman–Crippen LogP) is 3.55. The van der Waals surface area contributed by atoms with Gasteiger partial charge >= 0.3 is 5.97 Å². The van der Waals surface area contributed by atoms with Crippen molar-refractivity contribution in [1.82, 2.24) is 0 Å². The third-order valence-corrected chi connectivity index (χ3v) is 3.89. The number of carboxylic acids is 1. The molecule has 0 radical (unpaired) electrons. The van der Waals surface area contributed by atoms with E-state index < -0.39 is 17.6 Å². The highest BCUT2D eigenvalue weighted by atomic mass is 35.5. The zero-order chi connectivity index (χ0) is 12.6. The van der Waals surface area contributed by atoms with Crippen LogP contribution in [-0.2, 0) is 4.79 Å². The second-order valence-corrected chi connectivity index (χ2v) is 5.08. The van der Waals surface area contributed by atoms with Gasteiger partial charge in [0.25, 0.3) is 6.43 Å². The van der Waals surface area contributed by atoms with Crippen LogP contribution in [0.25, 0.3) is 6.08 Å². The van der Waals surface area contributed by atoms with Crippen molar-refractivity contribution < 1.29 is 18.7 Å². The normalized spacial score (nSPS) is 18.8. The lowest BCUT2D eigenvalue weighted by atomic mass is 10.1. The zero-order valence-electron chi connectivity index (χ0n) is 8.36. The van der Waals surface area contributed by atoms with Gasteiger partial charge in [0.1, 0.15) is 5.25 Å². The fourth-order valence-electron chi connectivity index (χ4n) is 1.56. The van der Waals surface area contributed by atoms with Gasteiger partial charge in [-0.05, 0) is 29.8 Å². The maximum Gasteiger partial charge on any atom is 0.332 e. The van der Waals surface area contributed by atoms with Gasteiger partial charge < -0.3 is 5.11 Å². The van der Waals surface area contributed by atoms with Gasteiger partial charge in [-0.15, -0.1) is 11.8 Å². The van der Waals surface area contributed by atoms with Crippen molar-refractivity contribution in [3.63, 3.8) is 0 Å². The number of carboxylic acid groups (broad SMARTS) is 1. The summed E-state index contributed by atoms with van der Waals surface area (Å²) >= 11 is 6.62. The minimum Gasteiger partial charge on any atom is -0.478 e. The van der Waals surface area contributed by atoms with E-state index in [1.807, 2.05) is 0 Å². The van der Waals surface area contributed by atoms with Gasteiger partial charge in [0.15, 0.2) is 0 Å². The molecule has 1 atom stereocenters. The molecule has 1 N–H and O–H groups in total.